The minimum Gasteiger partial charge on any atom is -0.369 e. The first kappa shape index (κ1) is 20.7. The van der Waals surface area contributed by atoms with E-state index in [1.54, 1.807) is 19.2 Å². The van der Waals surface area contributed by atoms with Crippen LogP contribution in [0.25, 0.3) is 0 Å². The van der Waals surface area contributed by atoms with Gasteiger partial charge in [-0.15, -0.1) is 0 Å². The molecule has 1 heterocycles. The molecule has 1 aliphatic rings. The smallest absolute Gasteiger partial charge is 0.222 e. The Bertz CT molecular complexity index is 677. The van der Waals surface area contributed by atoms with E-state index in [9.17, 15) is 14.0 Å². The first-order chi connectivity index (χ1) is 12.9. The van der Waals surface area contributed by atoms with Crippen molar-refractivity contribution >= 4 is 17.8 Å². The Morgan fingerprint density at radius 2 is 2.07 bits per heavy atom. The molecule has 8 heteroatoms. The molecule has 148 valence electrons. The van der Waals surface area contributed by atoms with Gasteiger partial charge in [-0.05, 0) is 30.5 Å². The van der Waals surface area contributed by atoms with Crippen LogP contribution in [0.3, 0.4) is 0 Å². The predicted molar refractivity (Wildman–Crippen MR) is 103 cm³/mol. The monoisotopic (exact) mass is 377 g/mol. The van der Waals surface area contributed by atoms with E-state index in [1.807, 2.05) is 11.8 Å². The molecule has 2 amide bonds. The molecule has 7 nitrogen and oxygen atoms in total. The minimum atomic E-state index is -0.448. The number of carbonyl (C=O) groups is 2. The molecular weight excluding hydrogens is 349 g/mol. The Labute approximate surface area is 159 Å². The number of likely N-dealkylation sites (tertiary alicyclic amines) is 1. The molecule has 1 saturated heterocycles. The van der Waals surface area contributed by atoms with Crippen molar-refractivity contribution in [2.24, 2.45) is 16.6 Å². The number of nitrogens with two attached hydrogens (primary N) is 1. The number of primary amides is 1. The van der Waals surface area contributed by atoms with Crippen LogP contribution in [-0.4, -0.2) is 55.4 Å². The van der Waals surface area contributed by atoms with E-state index >= 15 is 0 Å². The highest BCUT2D eigenvalue weighted by molar-refractivity contribution is 5.82. The van der Waals surface area contributed by atoms with E-state index in [1.165, 1.54) is 12.1 Å². The average molecular weight is 377 g/mol. The number of hydrogen-bond acceptors (Lipinski definition) is 3. The SMILES string of the molecule is CCC(=O)N1CCC(NC(=NC)NCC(Cc2ccc(F)cc2)C(N)=O)C1. The summed E-state index contributed by atoms with van der Waals surface area (Å²) in [7, 11) is 1.65. The second-order valence-corrected chi connectivity index (χ2v) is 6.71. The number of benzene rings is 1. The molecule has 0 spiro atoms. The molecule has 1 aromatic carbocycles. The van der Waals surface area contributed by atoms with Crippen molar-refractivity contribution in [1.82, 2.24) is 15.5 Å². The van der Waals surface area contributed by atoms with Gasteiger partial charge in [0.15, 0.2) is 5.96 Å². The zero-order valence-electron chi connectivity index (χ0n) is 15.9. The third kappa shape index (κ3) is 6.23. The number of rotatable bonds is 7. The Morgan fingerprint density at radius 1 is 1.37 bits per heavy atom. The number of nitrogens with zero attached hydrogens (tertiary/aromatic N) is 2. The summed E-state index contributed by atoms with van der Waals surface area (Å²) in [6.07, 6.45) is 1.77. The van der Waals surface area contributed by atoms with Crippen molar-refractivity contribution in [2.75, 3.05) is 26.7 Å². The molecule has 1 aliphatic heterocycles. The fraction of sp³-hybridized carbons (Fsp3) is 0.526. The van der Waals surface area contributed by atoms with Crippen molar-refractivity contribution in [2.45, 2.75) is 32.2 Å². The molecule has 0 radical (unpaired) electrons. The normalized spacial score (nSPS) is 18.3. The number of halogens is 1. The minimum absolute atomic E-state index is 0.121. The highest BCUT2D eigenvalue weighted by atomic mass is 19.1. The van der Waals surface area contributed by atoms with E-state index in [0.717, 1.165) is 18.5 Å². The summed E-state index contributed by atoms with van der Waals surface area (Å²) in [5.74, 6) is -0.477. The first-order valence-electron chi connectivity index (χ1n) is 9.21. The molecule has 1 aromatic rings. The molecule has 1 fully saturated rings. The zero-order valence-corrected chi connectivity index (χ0v) is 15.9. The van der Waals surface area contributed by atoms with Crippen LogP contribution in [0.5, 0.6) is 0 Å². The van der Waals surface area contributed by atoms with Gasteiger partial charge in [-0.3, -0.25) is 14.6 Å². The van der Waals surface area contributed by atoms with Crippen LogP contribution < -0.4 is 16.4 Å². The average Bonchev–Trinajstić information content (AvgIpc) is 3.13. The van der Waals surface area contributed by atoms with E-state index in [-0.39, 0.29) is 17.8 Å². The highest BCUT2D eigenvalue weighted by Gasteiger charge is 2.26. The van der Waals surface area contributed by atoms with E-state index in [4.69, 9.17) is 5.73 Å². The van der Waals surface area contributed by atoms with Gasteiger partial charge in [0, 0.05) is 39.1 Å². The van der Waals surface area contributed by atoms with Crippen LogP contribution in [0.15, 0.2) is 29.3 Å². The van der Waals surface area contributed by atoms with Crippen LogP contribution in [0.4, 0.5) is 4.39 Å². The molecular formula is C19H28FN5O2. The summed E-state index contributed by atoms with van der Waals surface area (Å²) in [6.45, 7) is 3.55. The molecule has 27 heavy (non-hydrogen) atoms. The maximum atomic E-state index is 13.0. The van der Waals surface area contributed by atoms with Gasteiger partial charge in [0.2, 0.25) is 11.8 Å². The number of aliphatic imine (C=N–C) groups is 1. The van der Waals surface area contributed by atoms with Gasteiger partial charge >= 0.3 is 0 Å². The summed E-state index contributed by atoms with van der Waals surface area (Å²) in [5.41, 5.74) is 6.36. The number of guanidine groups is 1. The van der Waals surface area contributed by atoms with Gasteiger partial charge in [-0.1, -0.05) is 19.1 Å². The van der Waals surface area contributed by atoms with Crippen molar-refractivity contribution in [3.05, 3.63) is 35.6 Å². The van der Waals surface area contributed by atoms with E-state index in [0.29, 0.717) is 31.9 Å². The molecule has 4 N–H and O–H groups in total. The molecule has 0 aliphatic carbocycles. The third-order valence-corrected chi connectivity index (χ3v) is 4.72. The van der Waals surface area contributed by atoms with E-state index in [2.05, 4.69) is 15.6 Å². The zero-order chi connectivity index (χ0) is 19.8. The van der Waals surface area contributed by atoms with Gasteiger partial charge < -0.3 is 21.3 Å². The largest absolute Gasteiger partial charge is 0.369 e. The lowest BCUT2D eigenvalue weighted by molar-refractivity contribution is -0.129. The first-order valence-corrected chi connectivity index (χ1v) is 9.21. The van der Waals surface area contributed by atoms with Gasteiger partial charge in [0.05, 0.1) is 5.92 Å². The molecule has 2 rings (SSSR count). The third-order valence-electron chi connectivity index (χ3n) is 4.72. The van der Waals surface area contributed by atoms with Gasteiger partial charge in [0.1, 0.15) is 5.82 Å². The van der Waals surface area contributed by atoms with Crippen LogP contribution >= 0.6 is 0 Å². The van der Waals surface area contributed by atoms with Gasteiger partial charge in [-0.25, -0.2) is 4.39 Å². The highest BCUT2D eigenvalue weighted by Crippen LogP contribution is 2.11. The topological polar surface area (TPSA) is 99.8 Å². The van der Waals surface area contributed by atoms with Gasteiger partial charge in [-0.2, -0.15) is 0 Å². The Morgan fingerprint density at radius 3 is 2.67 bits per heavy atom. The van der Waals surface area contributed by atoms with Crippen molar-refractivity contribution in [3.8, 4) is 0 Å². The maximum Gasteiger partial charge on any atom is 0.222 e. The maximum absolute atomic E-state index is 13.0. The fourth-order valence-corrected chi connectivity index (χ4v) is 3.11. The van der Waals surface area contributed by atoms with Crippen LogP contribution in [0.1, 0.15) is 25.3 Å². The second-order valence-electron chi connectivity index (χ2n) is 6.71. The summed E-state index contributed by atoms with van der Waals surface area (Å²) >= 11 is 0. The molecule has 2 unspecified atom stereocenters. The Balaban J connectivity index is 1.86. The molecule has 0 bridgehead atoms. The molecule has 0 aromatic heterocycles. The van der Waals surface area contributed by atoms with Crippen LogP contribution in [-0.2, 0) is 16.0 Å². The Hall–Kier alpha value is -2.64. The lowest BCUT2D eigenvalue weighted by Gasteiger charge is -2.20. The van der Waals surface area contributed by atoms with Crippen molar-refractivity contribution in [3.63, 3.8) is 0 Å². The van der Waals surface area contributed by atoms with Crippen LogP contribution in [0.2, 0.25) is 0 Å². The van der Waals surface area contributed by atoms with Gasteiger partial charge in [0.25, 0.3) is 0 Å². The quantitative estimate of drug-likeness (QED) is 0.480. The summed E-state index contributed by atoms with van der Waals surface area (Å²) in [6, 6.07) is 6.15. The molecule has 2 atom stereocenters. The predicted octanol–water partition coefficient (Wildman–Crippen LogP) is 0.646. The summed E-state index contributed by atoms with van der Waals surface area (Å²) in [5, 5.41) is 6.41. The fourth-order valence-electron chi connectivity index (χ4n) is 3.11. The second kappa shape index (κ2) is 9.89. The summed E-state index contributed by atoms with van der Waals surface area (Å²) < 4.78 is 13.0. The van der Waals surface area contributed by atoms with E-state index < -0.39 is 11.8 Å². The lowest BCUT2D eigenvalue weighted by Crippen LogP contribution is -2.47. The standard InChI is InChI=1S/C19H28FN5O2/c1-3-17(26)25-9-8-16(12-25)24-19(22-2)23-11-14(18(21)27)10-13-4-6-15(20)7-5-13/h4-7,14,16H,3,8-12H2,1-2H3,(H2,21,27)(H2,22,23,24). The number of carbonyl (C=O) groups excluding carboxylic acids is 2. The summed E-state index contributed by atoms with van der Waals surface area (Å²) in [4.78, 5) is 29.6. The van der Waals surface area contributed by atoms with Crippen molar-refractivity contribution < 1.29 is 14.0 Å². The number of nitrogens with one attached hydrogen (secondary N) is 2. The van der Waals surface area contributed by atoms with Crippen molar-refractivity contribution in [1.29, 1.82) is 0 Å². The molecule has 0 saturated carbocycles. The lowest BCUT2D eigenvalue weighted by atomic mass is 9.98. The Kier molecular flexibility index (Phi) is 7.57. The number of hydrogen-bond donors (Lipinski definition) is 3. The van der Waals surface area contributed by atoms with Crippen LogP contribution in [0, 0.1) is 11.7 Å². The number of amides is 2.